The molecule has 0 saturated heterocycles. The number of rotatable bonds is 5. The molecule has 0 heterocycles. The summed E-state index contributed by atoms with van der Waals surface area (Å²) in [5.41, 5.74) is -0.550. The Hall–Kier alpha value is -0.180. The first-order chi connectivity index (χ1) is 6.52. The Kier molecular flexibility index (Phi) is 4.30. The van der Waals surface area contributed by atoms with Gasteiger partial charge in [-0.15, -0.1) is 0 Å². The van der Waals surface area contributed by atoms with Crippen molar-refractivity contribution in [3.05, 3.63) is 0 Å². The van der Waals surface area contributed by atoms with Gasteiger partial charge in [-0.3, -0.25) is 4.79 Å². The zero-order valence-electron chi connectivity index (χ0n) is 9.08. The van der Waals surface area contributed by atoms with Gasteiger partial charge in [-0.25, -0.2) is 0 Å². The molecular formula is C11H20O2S. The fourth-order valence-electron chi connectivity index (χ4n) is 1.64. The Morgan fingerprint density at radius 2 is 2.00 bits per heavy atom. The van der Waals surface area contributed by atoms with Crippen LogP contribution in [0.25, 0.3) is 0 Å². The van der Waals surface area contributed by atoms with Gasteiger partial charge < -0.3 is 5.11 Å². The van der Waals surface area contributed by atoms with Crippen molar-refractivity contribution in [2.75, 3.05) is 5.75 Å². The molecule has 2 nitrogen and oxygen atoms in total. The van der Waals surface area contributed by atoms with Crippen LogP contribution < -0.4 is 0 Å². The fourth-order valence-corrected chi connectivity index (χ4v) is 3.27. The quantitative estimate of drug-likeness (QED) is 0.767. The van der Waals surface area contributed by atoms with Crippen molar-refractivity contribution in [1.82, 2.24) is 0 Å². The SMILES string of the molecule is CC(C)(CCSC1CCCC1)C(=O)O. The fraction of sp³-hybridized carbons (Fsp3) is 0.909. The van der Waals surface area contributed by atoms with Crippen LogP contribution in [0.2, 0.25) is 0 Å². The van der Waals surface area contributed by atoms with Gasteiger partial charge >= 0.3 is 5.97 Å². The third-order valence-electron chi connectivity index (χ3n) is 2.96. The second kappa shape index (κ2) is 5.06. The third-order valence-corrected chi connectivity index (χ3v) is 4.34. The van der Waals surface area contributed by atoms with Gasteiger partial charge in [-0.2, -0.15) is 11.8 Å². The van der Waals surface area contributed by atoms with Crippen LogP contribution >= 0.6 is 11.8 Å². The van der Waals surface area contributed by atoms with E-state index in [0.717, 1.165) is 17.4 Å². The van der Waals surface area contributed by atoms with Crippen molar-refractivity contribution in [3.8, 4) is 0 Å². The van der Waals surface area contributed by atoms with Crippen LogP contribution in [0.1, 0.15) is 46.0 Å². The standard InChI is InChI=1S/C11H20O2S/c1-11(2,10(12)13)7-8-14-9-5-3-4-6-9/h9H,3-8H2,1-2H3,(H,12,13). The maximum atomic E-state index is 10.8. The molecule has 0 aromatic carbocycles. The number of carbonyl (C=O) groups is 1. The summed E-state index contributed by atoms with van der Waals surface area (Å²) >= 11 is 1.96. The normalized spacial score (nSPS) is 18.7. The molecule has 0 aromatic heterocycles. The molecule has 0 spiro atoms. The summed E-state index contributed by atoms with van der Waals surface area (Å²) < 4.78 is 0. The third kappa shape index (κ3) is 3.52. The van der Waals surface area contributed by atoms with Crippen molar-refractivity contribution >= 4 is 17.7 Å². The number of hydrogen-bond donors (Lipinski definition) is 1. The van der Waals surface area contributed by atoms with Crippen LogP contribution in [-0.4, -0.2) is 22.1 Å². The Bertz CT molecular complexity index is 195. The minimum absolute atomic E-state index is 0.550. The van der Waals surface area contributed by atoms with E-state index >= 15 is 0 Å². The monoisotopic (exact) mass is 216 g/mol. The molecule has 82 valence electrons. The highest BCUT2D eigenvalue weighted by molar-refractivity contribution is 7.99. The smallest absolute Gasteiger partial charge is 0.309 e. The van der Waals surface area contributed by atoms with Crippen LogP contribution in [0, 0.1) is 5.41 Å². The lowest BCUT2D eigenvalue weighted by Gasteiger charge is -2.19. The largest absolute Gasteiger partial charge is 0.481 e. The Labute approximate surface area is 90.5 Å². The summed E-state index contributed by atoms with van der Waals surface area (Å²) in [5, 5.41) is 9.73. The van der Waals surface area contributed by atoms with E-state index in [1.807, 2.05) is 25.6 Å². The minimum Gasteiger partial charge on any atom is -0.481 e. The molecular weight excluding hydrogens is 196 g/mol. The predicted octanol–water partition coefficient (Wildman–Crippen LogP) is 3.16. The van der Waals surface area contributed by atoms with Crippen LogP contribution in [0.15, 0.2) is 0 Å². The Morgan fingerprint density at radius 1 is 1.43 bits per heavy atom. The molecule has 0 bridgehead atoms. The van der Waals surface area contributed by atoms with E-state index in [1.54, 1.807) is 0 Å². The molecule has 0 amide bonds. The molecule has 1 N–H and O–H groups in total. The van der Waals surface area contributed by atoms with E-state index < -0.39 is 11.4 Å². The Balaban J connectivity index is 2.16. The van der Waals surface area contributed by atoms with Gasteiger partial charge in [0.05, 0.1) is 5.41 Å². The summed E-state index contributed by atoms with van der Waals surface area (Å²) in [4.78, 5) is 10.8. The molecule has 0 atom stereocenters. The highest BCUT2D eigenvalue weighted by Crippen LogP contribution is 2.32. The minimum atomic E-state index is -0.676. The number of carboxylic acids is 1. The topological polar surface area (TPSA) is 37.3 Å². The maximum Gasteiger partial charge on any atom is 0.309 e. The molecule has 0 aliphatic heterocycles. The molecule has 14 heavy (non-hydrogen) atoms. The summed E-state index contributed by atoms with van der Waals surface area (Å²) in [6.07, 6.45) is 6.17. The zero-order chi connectivity index (χ0) is 10.6. The summed E-state index contributed by atoms with van der Waals surface area (Å²) in [6.45, 7) is 3.62. The average molecular weight is 216 g/mol. The van der Waals surface area contributed by atoms with Crippen molar-refractivity contribution in [3.63, 3.8) is 0 Å². The number of carboxylic acid groups (broad SMARTS) is 1. The van der Waals surface area contributed by atoms with Gasteiger partial charge in [0, 0.05) is 5.25 Å². The lowest BCUT2D eigenvalue weighted by atomic mass is 9.91. The van der Waals surface area contributed by atoms with Crippen molar-refractivity contribution in [2.45, 2.75) is 51.2 Å². The molecule has 1 aliphatic rings. The summed E-state index contributed by atoms with van der Waals surface area (Å²) in [7, 11) is 0. The van der Waals surface area contributed by atoms with Gasteiger partial charge in [-0.1, -0.05) is 12.8 Å². The van der Waals surface area contributed by atoms with Crippen LogP contribution in [0.3, 0.4) is 0 Å². The van der Waals surface area contributed by atoms with Crippen LogP contribution in [0.5, 0.6) is 0 Å². The maximum absolute atomic E-state index is 10.8. The van der Waals surface area contributed by atoms with Gasteiger partial charge in [-0.05, 0) is 38.9 Å². The molecule has 0 aromatic rings. The highest BCUT2D eigenvalue weighted by atomic mass is 32.2. The molecule has 0 unspecified atom stereocenters. The number of thioether (sulfide) groups is 1. The molecule has 1 fully saturated rings. The van der Waals surface area contributed by atoms with E-state index in [4.69, 9.17) is 5.11 Å². The number of aliphatic carboxylic acids is 1. The van der Waals surface area contributed by atoms with E-state index in [0.29, 0.717) is 0 Å². The molecule has 1 aliphatic carbocycles. The van der Waals surface area contributed by atoms with Crippen molar-refractivity contribution < 1.29 is 9.90 Å². The van der Waals surface area contributed by atoms with E-state index in [2.05, 4.69) is 0 Å². The second-order valence-electron chi connectivity index (χ2n) is 4.72. The predicted molar refractivity (Wildman–Crippen MR) is 60.7 cm³/mol. The average Bonchev–Trinajstić information content (AvgIpc) is 2.56. The lowest BCUT2D eigenvalue weighted by molar-refractivity contribution is -0.146. The molecule has 1 saturated carbocycles. The van der Waals surface area contributed by atoms with Crippen LogP contribution in [-0.2, 0) is 4.79 Å². The summed E-state index contributed by atoms with van der Waals surface area (Å²) in [5.74, 6) is 0.314. The van der Waals surface area contributed by atoms with Crippen molar-refractivity contribution in [2.24, 2.45) is 5.41 Å². The second-order valence-corrected chi connectivity index (χ2v) is 6.12. The lowest BCUT2D eigenvalue weighted by Crippen LogP contribution is -2.24. The summed E-state index contributed by atoms with van der Waals surface area (Å²) in [6, 6.07) is 0. The van der Waals surface area contributed by atoms with E-state index in [-0.39, 0.29) is 0 Å². The molecule has 1 rings (SSSR count). The highest BCUT2D eigenvalue weighted by Gasteiger charge is 2.27. The van der Waals surface area contributed by atoms with Crippen LogP contribution in [0.4, 0.5) is 0 Å². The molecule has 0 radical (unpaired) electrons. The first kappa shape index (κ1) is 11.9. The first-order valence-electron chi connectivity index (χ1n) is 5.37. The van der Waals surface area contributed by atoms with E-state index in [1.165, 1.54) is 25.7 Å². The van der Waals surface area contributed by atoms with Gasteiger partial charge in [0.1, 0.15) is 0 Å². The zero-order valence-corrected chi connectivity index (χ0v) is 9.90. The first-order valence-corrected chi connectivity index (χ1v) is 6.42. The van der Waals surface area contributed by atoms with Gasteiger partial charge in [0.2, 0.25) is 0 Å². The molecule has 3 heteroatoms. The van der Waals surface area contributed by atoms with Crippen molar-refractivity contribution in [1.29, 1.82) is 0 Å². The number of hydrogen-bond acceptors (Lipinski definition) is 2. The Morgan fingerprint density at radius 3 is 2.50 bits per heavy atom. The van der Waals surface area contributed by atoms with Gasteiger partial charge in [0.25, 0.3) is 0 Å². The van der Waals surface area contributed by atoms with Gasteiger partial charge in [0.15, 0.2) is 0 Å². The van der Waals surface area contributed by atoms with E-state index in [9.17, 15) is 4.79 Å².